The molecule has 0 atom stereocenters. The maximum atomic E-state index is 9.87. The summed E-state index contributed by atoms with van der Waals surface area (Å²) in [5.74, 6) is 0. The van der Waals surface area contributed by atoms with Gasteiger partial charge in [0.05, 0.1) is 0 Å². The van der Waals surface area contributed by atoms with Crippen molar-refractivity contribution < 1.29 is 53.8 Å². The van der Waals surface area contributed by atoms with Crippen LogP contribution >= 0.6 is 0 Å². The number of rotatable bonds is 3. The van der Waals surface area contributed by atoms with E-state index in [0.717, 1.165) is 0 Å². The van der Waals surface area contributed by atoms with E-state index in [1.54, 1.807) is 0 Å². The van der Waals surface area contributed by atoms with Crippen LogP contribution in [0.2, 0.25) is 0 Å². The molecular formula is C2H8NNaO5S. The Hall–Kier alpha value is 0.790. The minimum absolute atomic E-state index is 0. The number of hydrogen-bond acceptors (Lipinski definition) is 5. The van der Waals surface area contributed by atoms with Crippen LogP contribution in [0.1, 0.15) is 1.43 Å². The van der Waals surface area contributed by atoms with E-state index in [0.29, 0.717) is 0 Å². The standard InChI is InChI=1S/C2H7NO5S.Na.H/c3-9(6,7)8-1-2(4)5;;/h2,4-5H,1H2,(H2,3,6,7);;/q;+1;-1. The number of aliphatic hydroxyl groups excluding tert-OH is 1. The SMILES string of the molecule is NS(=O)(=O)OCC(O)O.[H-].[Na+]. The first-order valence-electron chi connectivity index (χ1n) is 1.95. The van der Waals surface area contributed by atoms with Gasteiger partial charge in [0, 0.05) is 0 Å². The first-order chi connectivity index (χ1) is 3.92. The van der Waals surface area contributed by atoms with Crippen molar-refractivity contribution in [1.82, 2.24) is 0 Å². The van der Waals surface area contributed by atoms with Crippen LogP contribution in [0, 0.1) is 0 Å². The van der Waals surface area contributed by atoms with Crippen molar-refractivity contribution in [2.45, 2.75) is 6.29 Å². The molecule has 0 saturated heterocycles. The summed E-state index contributed by atoms with van der Waals surface area (Å²) in [6.07, 6.45) is -1.82. The van der Waals surface area contributed by atoms with Gasteiger partial charge in [-0.1, -0.05) is 0 Å². The molecule has 0 aromatic heterocycles. The summed E-state index contributed by atoms with van der Waals surface area (Å²) in [7, 11) is -4.04. The summed E-state index contributed by atoms with van der Waals surface area (Å²) in [4.78, 5) is 0. The molecule has 10 heavy (non-hydrogen) atoms. The average molecular weight is 181 g/mol. The molecule has 0 fully saturated rings. The Morgan fingerprint density at radius 1 is 1.60 bits per heavy atom. The Labute approximate surface area is 82.0 Å². The predicted molar refractivity (Wildman–Crippen MR) is 28.4 cm³/mol. The molecule has 0 aromatic rings. The molecule has 0 bridgehead atoms. The summed E-state index contributed by atoms with van der Waals surface area (Å²) in [5, 5.41) is 20.4. The van der Waals surface area contributed by atoms with Gasteiger partial charge in [0.25, 0.3) is 0 Å². The number of hydrogen-bond donors (Lipinski definition) is 3. The second-order valence-corrected chi connectivity index (χ2v) is 2.48. The average Bonchev–Trinajstić information content (AvgIpc) is 1.59. The normalized spacial score (nSPS) is 11.2. The van der Waals surface area contributed by atoms with E-state index in [2.05, 4.69) is 9.32 Å². The Kier molecular flexibility index (Phi) is 7.28. The van der Waals surface area contributed by atoms with Gasteiger partial charge in [0.1, 0.15) is 6.61 Å². The Balaban J connectivity index is -0.000000320. The van der Waals surface area contributed by atoms with Crippen molar-refractivity contribution in [2.24, 2.45) is 5.14 Å². The molecule has 0 unspecified atom stereocenters. The van der Waals surface area contributed by atoms with E-state index < -0.39 is 23.2 Å². The molecule has 58 valence electrons. The van der Waals surface area contributed by atoms with E-state index in [1.165, 1.54) is 0 Å². The molecule has 0 radical (unpaired) electrons. The molecule has 6 nitrogen and oxygen atoms in total. The van der Waals surface area contributed by atoms with Gasteiger partial charge in [0.15, 0.2) is 6.29 Å². The monoisotopic (exact) mass is 181 g/mol. The molecule has 0 aliphatic heterocycles. The molecule has 8 heteroatoms. The third-order valence-corrected chi connectivity index (χ3v) is 0.846. The van der Waals surface area contributed by atoms with Crippen LogP contribution in [-0.4, -0.2) is 31.5 Å². The van der Waals surface area contributed by atoms with Crippen molar-refractivity contribution in [3.05, 3.63) is 0 Å². The van der Waals surface area contributed by atoms with Crippen LogP contribution in [0.4, 0.5) is 0 Å². The maximum Gasteiger partial charge on any atom is 1.00 e. The first kappa shape index (κ1) is 13.4. The van der Waals surface area contributed by atoms with Gasteiger partial charge in [0.2, 0.25) is 0 Å². The zero-order valence-electron chi connectivity index (χ0n) is 6.39. The zero-order valence-corrected chi connectivity index (χ0v) is 8.21. The molecular weight excluding hydrogens is 173 g/mol. The van der Waals surface area contributed by atoms with Crippen LogP contribution in [-0.2, 0) is 14.5 Å². The van der Waals surface area contributed by atoms with Crippen LogP contribution in [0.3, 0.4) is 0 Å². The van der Waals surface area contributed by atoms with Gasteiger partial charge in [-0.15, -0.1) is 0 Å². The quantitative estimate of drug-likeness (QED) is 0.297. The molecule has 0 spiro atoms. The Morgan fingerprint density at radius 2 is 2.00 bits per heavy atom. The number of aliphatic hydroxyl groups is 2. The van der Waals surface area contributed by atoms with Crippen molar-refractivity contribution >= 4 is 10.3 Å². The molecule has 0 rings (SSSR count). The Morgan fingerprint density at radius 3 is 2.10 bits per heavy atom. The summed E-state index contributed by atoms with van der Waals surface area (Å²) in [5.41, 5.74) is 0. The van der Waals surface area contributed by atoms with Gasteiger partial charge >= 0.3 is 39.9 Å². The van der Waals surface area contributed by atoms with Gasteiger partial charge in [-0.05, 0) is 0 Å². The van der Waals surface area contributed by atoms with Crippen molar-refractivity contribution in [2.75, 3.05) is 6.61 Å². The van der Waals surface area contributed by atoms with Crippen LogP contribution in [0.25, 0.3) is 0 Å². The van der Waals surface area contributed by atoms with Gasteiger partial charge < -0.3 is 11.6 Å². The molecule has 0 heterocycles. The zero-order chi connectivity index (χ0) is 7.49. The molecule has 0 amide bonds. The summed E-state index contributed by atoms with van der Waals surface area (Å²) in [6, 6.07) is 0. The summed E-state index contributed by atoms with van der Waals surface area (Å²) >= 11 is 0. The first-order valence-corrected chi connectivity index (χ1v) is 3.42. The fraction of sp³-hybridized carbons (Fsp3) is 1.00. The molecule has 0 aliphatic rings. The van der Waals surface area contributed by atoms with E-state index >= 15 is 0 Å². The molecule has 0 aliphatic carbocycles. The van der Waals surface area contributed by atoms with Crippen LogP contribution < -0.4 is 34.7 Å². The second-order valence-electron chi connectivity index (χ2n) is 1.26. The van der Waals surface area contributed by atoms with E-state index in [-0.39, 0.29) is 31.0 Å². The van der Waals surface area contributed by atoms with E-state index in [9.17, 15) is 8.42 Å². The Bertz CT molecular complexity index is 169. The maximum absolute atomic E-state index is 9.87. The van der Waals surface area contributed by atoms with Gasteiger partial charge in [-0.25, -0.2) is 5.14 Å². The summed E-state index contributed by atoms with van der Waals surface area (Å²) in [6.45, 7) is -0.737. The van der Waals surface area contributed by atoms with Crippen molar-refractivity contribution in [3.63, 3.8) is 0 Å². The van der Waals surface area contributed by atoms with Crippen LogP contribution in [0.15, 0.2) is 0 Å². The predicted octanol–water partition coefficient (Wildman–Crippen LogP) is -5.37. The molecule has 4 N–H and O–H groups in total. The topological polar surface area (TPSA) is 110 Å². The van der Waals surface area contributed by atoms with Gasteiger partial charge in [-0.3, -0.25) is 4.18 Å². The second kappa shape index (κ2) is 5.44. The fourth-order valence-electron chi connectivity index (χ4n) is 0.156. The van der Waals surface area contributed by atoms with E-state index in [4.69, 9.17) is 10.2 Å². The largest absolute Gasteiger partial charge is 1.00 e. The van der Waals surface area contributed by atoms with Crippen molar-refractivity contribution in [3.8, 4) is 0 Å². The third-order valence-electron chi connectivity index (χ3n) is 0.381. The molecule has 0 saturated carbocycles. The number of nitrogens with two attached hydrogens (primary N) is 1. The fourth-order valence-corrected chi connectivity index (χ4v) is 0.467. The van der Waals surface area contributed by atoms with E-state index in [1.807, 2.05) is 0 Å². The third kappa shape index (κ3) is 11.6. The molecule has 0 aromatic carbocycles. The smallest absolute Gasteiger partial charge is 1.00 e. The minimum Gasteiger partial charge on any atom is -1.00 e. The van der Waals surface area contributed by atoms with Crippen molar-refractivity contribution in [1.29, 1.82) is 0 Å². The minimum atomic E-state index is -4.04. The van der Waals surface area contributed by atoms with Crippen LogP contribution in [0.5, 0.6) is 0 Å². The summed E-state index contributed by atoms with van der Waals surface area (Å²) < 4.78 is 23.5. The van der Waals surface area contributed by atoms with Gasteiger partial charge in [-0.2, -0.15) is 8.42 Å².